The lowest BCUT2D eigenvalue weighted by atomic mass is 9.99. The van der Waals surface area contributed by atoms with Crippen molar-refractivity contribution in [2.75, 3.05) is 7.11 Å². The van der Waals surface area contributed by atoms with Gasteiger partial charge in [0.15, 0.2) is 17.3 Å². The van der Waals surface area contributed by atoms with Gasteiger partial charge in [-0.1, -0.05) is 0 Å². The van der Waals surface area contributed by atoms with Crippen molar-refractivity contribution in [2.24, 2.45) is 0 Å². The Morgan fingerprint density at radius 1 is 0.480 bits per heavy atom. The van der Waals surface area contributed by atoms with Crippen LogP contribution in [0.3, 0.4) is 0 Å². The monoisotopic (exact) mass is 1010 g/mol. The molecule has 2 aromatic heterocycles. The fourth-order valence-corrected chi connectivity index (χ4v) is 8.61. The van der Waals surface area contributed by atoms with Gasteiger partial charge in [0.2, 0.25) is 0 Å². The van der Waals surface area contributed by atoms with E-state index in [4.69, 9.17) is 18.3 Å². The van der Waals surface area contributed by atoms with Crippen molar-refractivity contribution in [2.45, 2.75) is 63.6 Å². The summed E-state index contributed by atoms with van der Waals surface area (Å²) < 4.78 is 26.3. The first-order chi connectivity index (χ1) is 36.1. The molecule has 0 spiro atoms. The summed E-state index contributed by atoms with van der Waals surface area (Å²) in [5, 5.41) is 50.7. The fraction of sp³-hybridized carbons (Fsp3) is 0.186. The number of esters is 1. The Morgan fingerprint density at radius 2 is 0.907 bits per heavy atom. The molecule has 0 unspecified atom stereocenters. The first-order valence-electron chi connectivity index (χ1n) is 23.9. The first kappa shape index (κ1) is 51.9. The van der Waals surface area contributed by atoms with Crippen molar-refractivity contribution in [3.05, 3.63) is 199 Å². The first-order valence-corrected chi connectivity index (χ1v) is 23.9. The van der Waals surface area contributed by atoms with Gasteiger partial charge in [0, 0.05) is 69.4 Å². The van der Waals surface area contributed by atoms with E-state index in [1.807, 2.05) is 0 Å². The standard InChI is InChI=1S/C22H22O6.C21H18O5.C16H10O5/c1-27-21(25)11-7-14-12-15(6-10-19(14)23)22(26)18-9-8-17(13-20(18)24)28-16-4-2-3-5-16;22-18-12-16(25-15-3-1-2-4-15)7-8-17(18)21(24)14-5-9-19-13(11-14)6-10-20(23)26-19;17-11-3-4-12(13(18)8-11)16(20)10-1-5-14-9(7-10)2-6-15(19)21-14/h6-13,16,23-24H,2-5H2,1H3;5-12,15,22H,1-4H2;1-8,17-18H/b11-7+;;. The SMILES string of the molecule is COC(=O)/C=C/c1cc(C(=O)c2ccc(OC3CCCC3)cc2O)ccc1O.O=C(c1ccc2oc(=O)ccc2c1)c1ccc(O)cc1O.O=C(c1ccc2oc(=O)ccc2c1)c1ccc(OC2CCCC2)cc1O. The molecule has 5 N–H and O–H groups in total. The Balaban J connectivity index is 0.000000151. The van der Waals surface area contributed by atoms with Crippen LogP contribution >= 0.6 is 0 Å². The smallest absolute Gasteiger partial charge is 0.336 e. The predicted molar refractivity (Wildman–Crippen MR) is 276 cm³/mol. The van der Waals surface area contributed by atoms with E-state index < -0.39 is 23.0 Å². The minimum absolute atomic E-state index is 0.0822. The van der Waals surface area contributed by atoms with Crippen LogP contribution in [-0.4, -0.2) is 68.2 Å². The quantitative estimate of drug-likeness (QED) is 0.0330. The zero-order valence-electron chi connectivity index (χ0n) is 40.4. The van der Waals surface area contributed by atoms with Gasteiger partial charge in [-0.25, -0.2) is 14.4 Å². The van der Waals surface area contributed by atoms with Gasteiger partial charge in [-0.05, 0) is 161 Å². The molecule has 2 aliphatic carbocycles. The van der Waals surface area contributed by atoms with Gasteiger partial charge in [0.05, 0.1) is 36.0 Å². The largest absolute Gasteiger partial charge is 0.508 e. The number of hydrogen-bond donors (Lipinski definition) is 5. The lowest BCUT2D eigenvalue weighted by molar-refractivity contribution is -0.134. The number of ketones is 3. The maximum atomic E-state index is 12.8. The van der Waals surface area contributed by atoms with Crippen LogP contribution in [0.5, 0.6) is 40.2 Å². The van der Waals surface area contributed by atoms with E-state index in [0.29, 0.717) is 44.6 Å². The summed E-state index contributed by atoms with van der Waals surface area (Å²) in [6.45, 7) is 0. The molecule has 2 fully saturated rings. The van der Waals surface area contributed by atoms with Crippen LogP contribution in [0.1, 0.15) is 105 Å². The highest BCUT2D eigenvalue weighted by atomic mass is 16.5. The third kappa shape index (κ3) is 13.0. The third-order valence-corrected chi connectivity index (χ3v) is 12.5. The van der Waals surface area contributed by atoms with E-state index in [2.05, 4.69) is 4.74 Å². The zero-order chi connectivity index (χ0) is 53.2. The van der Waals surface area contributed by atoms with Gasteiger partial charge >= 0.3 is 17.2 Å². The molecule has 16 nitrogen and oxygen atoms in total. The Hall–Kier alpha value is -9.44. The van der Waals surface area contributed by atoms with E-state index in [-0.39, 0.29) is 80.3 Å². The number of phenolic OH excluding ortho intramolecular Hbond substituents is 5. The second-order valence-electron chi connectivity index (χ2n) is 17.7. The fourth-order valence-electron chi connectivity index (χ4n) is 8.61. The van der Waals surface area contributed by atoms with E-state index in [1.165, 1.54) is 86.0 Å². The van der Waals surface area contributed by atoms with Crippen molar-refractivity contribution >= 4 is 51.3 Å². The summed E-state index contributed by atoms with van der Waals surface area (Å²) >= 11 is 0. The van der Waals surface area contributed by atoms with Gasteiger partial charge in [0.25, 0.3) is 0 Å². The van der Waals surface area contributed by atoms with Crippen molar-refractivity contribution in [3.8, 4) is 40.2 Å². The van der Waals surface area contributed by atoms with E-state index in [9.17, 15) is 54.3 Å². The van der Waals surface area contributed by atoms with Crippen molar-refractivity contribution < 1.29 is 67.8 Å². The second-order valence-corrected chi connectivity index (χ2v) is 17.7. The molecule has 6 aromatic carbocycles. The lowest BCUT2D eigenvalue weighted by Crippen LogP contribution is -2.11. The molecular weight excluding hydrogens is 965 g/mol. The molecule has 10 rings (SSSR count). The topological polar surface area (TPSA) is 258 Å². The molecule has 8 aromatic rings. The van der Waals surface area contributed by atoms with Gasteiger partial charge < -0.3 is 48.6 Å². The predicted octanol–water partition coefficient (Wildman–Crippen LogP) is 10.3. The van der Waals surface area contributed by atoms with Crippen LogP contribution in [0.4, 0.5) is 0 Å². The number of carbonyl (C=O) groups excluding carboxylic acids is 4. The number of carbonyl (C=O) groups is 4. The molecule has 0 atom stereocenters. The van der Waals surface area contributed by atoms with Gasteiger partial charge in [-0.2, -0.15) is 0 Å². The van der Waals surface area contributed by atoms with E-state index in [0.717, 1.165) is 63.5 Å². The molecule has 382 valence electrons. The van der Waals surface area contributed by atoms with Crippen LogP contribution < -0.4 is 20.7 Å². The van der Waals surface area contributed by atoms with E-state index in [1.54, 1.807) is 54.6 Å². The average Bonchev–Trinajstić information content (AvgIpc) is 4.13. The van der Waals surface area contributed by atoms with Crippen LogP contribution in [0.25, 0.3) is 28.0 Å². The molecule has 0 bridgehead atoms. The molecule has 16 heteroatoms. The van der Waals surface area contributed by atoms with Crippen LogP contribution in [-0.2, 0) is 9.53 Å². The minimum atomic E-state index is -0.577. The summed E-state index contributed by atoms with van der Waals surface area (Å²) in [5.74, 6) is -1.33. The molecule has 2 heterocycles. The number of phenols is 5. The summed E-state index contributed by atoms with van der Waals surface area (Å²) in [7, 11) is 1.25. The number of rotatable bonds is 12. The maximum Gasteiger partial charge on any atom is 0.336 e. The maximum absolute atomic E-state index is 12.8. The number of fused-ring (bicyclic) bond motifs is 2. The normalized spacial score (nSPS) is 13.4. The lowest BCUT2D eigenvalue weighted by Gasteiger charge is -2.14. The van der Waals surface area contributed by atoms with Gasteiger partial charge in [-0.15, -0.1) is 0 Å². The summed E-state index contributed by atoms with van der Waals surface area (Å²) in [6, 6.07) is 32.6. The molecule has 2 saturated carbocycles. The number of benzene rings is 6. The highest BCUT2D eigenvalue weighted by Crippen LogP contribution is 2.33. The third-order valence-electron chi connectivity index (χ3n) is 12.5. The molecule has 0 saturated heterocycles. The molecular formula is C59H50O16. The van der Waals surface area contributed by atoms with Crippen LogP contribution in [0.15, 0.2) is 158 Å². The average molecular weight is 1020 g/mol. The minimum Gasteiger partial charge on any atom is -0.508 e. The number of aromatic hydroxyl groups is 5. The Labute approximate surface area is 427 Å². The summed E-state index contributed by atoms with van der Waals surface area (Å²) in [4.78, 5) is 71.5. The number of methoxy groups -OCH3 is 1. The summed E-state index contributed by atoms with van der Waals surface area (Å²) in [6.07, 6.45) is 11.5. The Morgan fingerprint density at radius 3 is 1.35 bits per heavy atom. The highest BCUT2D eigenvalue weighted by molar-refractivity contribution is 6.13. The number of ether oxygens (including phenoxy) is 3. The highest BCUT2D eigenvalue weighted by Gasteiger charge is 2.22. The van der Waals surface area contributed by atoms with Crippen LogP contribution in [0, 0.1) is 0 Å². The van der Waals surface area contributed by atoms with Crippen LogP contribution in [0.2, 0.25) is 0 Å². The molecule has 75 heavy (non-hydrogen) atoms. The van der Waals surface area contributed by atoms with Crippen molar-refractivity contribution in [3.63, 3.8) is 0 Å². The van der Waals surface area contributed by atoms with Crippen molar-refractivity contribution in [1.82, 2.24) is 0 Å². The Kier molecular flexibility index (Phi) is 16.2. The second kappa shape index (κ2) is 23.4. The van der Waals surface area contributed by atoms with Gasteiger partial charge in [-0.3, -0.25) is 14.4 Å². The van der Waals surface area contributed by atoms with Crippen molar-refractivity contribution in [1.29, 1.82) is 0 Å². The molecule has 0 amide bonds. The summed E-state index contributed by atoms with van der Waals surface area (Å²) in [5.41, 5.74) is 1.64. The molecule has 2 aliphatic rings. The Bertz CT molecular complexity index is 3590. The number of hydrogen-bond acceptors (Lipinski definition) is 16. The van der Waals surface area contributed by atoms with E-state index >= 15 is 0 Å². The molecule has 0 aliphatic heterocycles. The molecule has 0 radical (unpaired) electrons. The zero-order valence-corrected chi connectivity index (χ0v) is 40.4. The van der Waals surface area contributed by atoms with Gasteiger partial charge in [0.1, 0.15) is 51.4 Å².